The number of nitrogens with two attached hydrogens (primary N) is 1. The molecule has 0 aromatic carbocycles. The van der Waals surface area contributed by atoms with Gasteiger partial charge in [0.25, 0.3) is 0 Å². The summed E-state index contributed by atoms with van der Waals surface area (Å²) >= 11 is 0.916. The second-order valence-corrected chi connectivity index (χ2v) is 24.2. The highest BCUT2D eigenvalue weighted by atomic mass is 32.2. The molecule has 2 amide bonds. The lowest BCUT2D eigenvalue weighted by Gasteiger charge is -2.30. The van der Waals surface area contributed by atoms with Crippen LogP contribution in [0.15, 0.2) is 24.8 Å². The first-order valence-corrected chi connectivity index (χ1v) is 30.9. The van der Waals surface area contributed by atoms with Crippen molar-refractivity contribution in [1.82, 2.24) is 30.2 Å². The Labute approximate surface area is 437 Å². The van der Waals surface area contributed by atoms with Gasteiger partial charge >= 0.3 is 23.5 Å². The number of carbonyl (C=O) groups excluding carboxylic acids is 3. The Morgan fingerprint density at radius 2 is 1.42 bits per heavy atom. The number of nitrogen functional groups attached to an aromatic ring is 1. The van der Waals surface area contributed by atoms with Crippen molar-refractivity contribution in [1.29, 1.82) is 0 Å². The van der Waals surface area contributed by atoms with E-state index in [0.29, 0.717) is 6.42 Å². The number of allylic oxidation sites excluding steroid dienone is 2. The van der Waals surface area contributed by atoms with E-state index in [1.165, 1.54) is 104 Å². The number of phosphoric ester groups is 3. The van der Waals surface area contributed by atoms with Crippen molar-refractivity contribution in [3.63, 3.8) is 0 Å². The number of unbranched alkanes of at least 4 members (excludes halogenated alkanes) is 16. The monoisotopic (exact) mass is 1130 g/mol. The lowest BCUT2D eigenvalue weighted by molar-refractivity contribution is -0.137. The van der Waals surface area contributed by atoms with Crippen molar-refractivity contribution in [2.75, 3.05) is 37.8 Å². The first-order valence-electron chi connectivity index (χ1n) is 25.4. The molecule has 1 fully saturated rings. The number of aliphatic hydroxyl groups is 3. The fourth-order valence-corrected chi connectivity index (χ4v) is 11.3. The Balaban J connectivity index is 1.24. The Morgan fingerprint density at radius 1 is 0.838 bits per heavy atom. The number of anilines is 1. The zero-order valence-corrected chi connectivity index (χ0v) is 46.2. The van der Waals surface area contributed by atoms with E-state index in [4.69, 9.17) is 19.5 Å². The molecule has 25 nitrogen and oxygen atoms in total. The average Bonchev–Trinajstić information content (AvgIpc) is 3.90. The van der Waals surface area contributed by atoms with Crippen LogP contribution in [0.2, 0.25) is 0 Å². The summed E-state index contributed by atoms with van der Waals surface area (Å²) in [6.45, 7) is 2.60. The van der Waals surface area contributed by atoms with Crippen LogP contribution < -0.4 is 16.4 Å². The Bertz CT molecular complexity index is 2190. The van der Waals surface area contributed by atoms with Gasteiger partial charge in [-0.3, -0.25) is 32.5 Å². The lowest BCUT2D eigenvalue weighted by atomic mass is 9.87. The summed E-state index contributed by atoms with van der Waals surface area (Å²) in [5.41, 5.74) is 4.26. The number of aliphatic hydroxyl groups excluding tert-OH is 3. The van der Waals surface area contributed by atoms with Crippen LogP contribution in [0.1, 0.15) is 155 Å². The maximum absolute atomic E-state index is 12.8. The van der Waals surface area contributed by atoms with Crippen molar-refractivity contribution < 1.29 is 85.6 Å². The number of fused-ring (bicyclic) bond motifs is 1. The van der Waals surface area contributed by atoms with Gasteiger partial charge in [0.05, 0.1) is 19.5 Å². The van der Waals surface area contributed by atoms with Crippen LogP contribution in [0.4, 0.5) is 5.82 Å². The summed E-state index contributed by atoms with van der Waals surface area (Å²) in [5, 5.41) is 36.5. The Hall–Kier alpha value is -2.74. The number of hydrogen-bond donors (Lipinski definition) is 10. The van der Waals surface area contributed by atoms with Gasteiger partial charge in [-0.2, -0.15) is 4.31 Å². The number of ether oxygens (including phenoxy) is 1. The summed E-state index contributed by atoms with van der Waals surface area (Å²) in [6, 6.07) is 0. The van der Waals surface area contributed by atoms with Crippen LogP contribution in [0, 0.1) is 5.41 Å². The molecule has 0 spiro atoms. The predicted octanol–water partition coefficient (Wildman–Crippen LogP) is 6.01. The summed E-state index contributed by atoms with van der Waals surface area (Å²) in [7, 11) is -16.5. The molecule has 3 unspecified atom stereocenters. The lowest BCUT2D eigenvalue weighted by Crippen LogP contribution is -2.46. The number of rotatable bonds is 40. The molecule has 3 heterocycles. The van der Waals surface area contributed by atoms with E-state index in [0.717, 1.165) is 54.7 Å². The van der Waals surface area contributed by atoms with Crippen molar-refractivity contribution in [3.8, 4) is 0 Å². The molecule has 0 aliphatic carbocycles. The third-order valence-corrected chi connectivity index (χ3v) is 16.1. The summed E-state index contributed by atoms with van der Waals surface area (Å²) in [4.78, 5) is 88.7. The molecule has 29 heteroatoms. The standard InChI is InChI=1S/C45H80N7O18P3S/c1-4-5-6-7-8-9-10-11-12-13-14-15-16-17-18-19-20-21-22-23-24-33(53)44(58)74-28-27-47-35(54)25-26-48-42(57)39(56)45(2,3)30-67-73(64,65)70-72(62,63)66-29-34-38(69-71(59,60)61)37(55)43(68-34)52-32-51-36-40(46)49-31-50-41(36)52/h11-12,31-34,37-39,43,53,55-56H,4-10,13-30H2,1-3H3,(H,47,54)(H,48,57)(H,62,63)(H,64,65)(H2,46,49,50)(H2,59,60,61)/b12-11-/t33?,34-,37-,38-,39+,43-/m1/s1. The van der Waals surface area contributed by atoms with Crippen molar-refractivity contribution in [3.05, 3.63) is 24.8 Å². The van der Waals surface area contributed by atoms with E-state index in [1.807, 2.05) is 0 Å². The molecule has 0 saturated carbocycles. The first kappa shape index (κ1) is 65.5. The number of aromatic nitrogens is 4. The minimum absolute atomic E-state index is 0.0278. The van der Waals surface area contributed by atoms with Crippen LogP contribution in [0.3, 0.4) is 0 Å². The second-order valence-electron chi connectivity index (χ2n) is 18.9. The molecule has 3 rings (SSSR count). The van der Waals surface area contributed by atoms with Gasteiger partial charge in [-0.1, -0.05) is 135 Å². The number of nitrogens with zero attached hydrogens (tertiary/aromatic N) is 4. The van der Waals surface area contributed by atoms with E-state index in [2.05, 4.69) is 53.5 Å². The normalized spacial score (nSPS) is 19.9. The molecular weight excluding hydrogens is 1050 g/mol. The Morgan fingerprint density at radius 3 is 2.03 bits per heavy atom. The summed E-state index contributed by atoms with van der Waals surface area (Å²) in [6.07, 6.45) is 18.8. The van der Waals surface area contributed by atoms with Crippen molar-refractivity contribution in [2.45, 2.75) is 186 Å². The van der Waals surface area contributed by atoms with E-state index < -0.39 is 90.7 Å². The molecule has 8 atom stereocenters. The fraction of sp³-hybridized carbons (Fsp3) is 0.778. The zero-order chi connectivity index (χ0) is 54.8. The van der Waals surface area contributed by atoms with Crippen molar-refractivity contribution in [2.24, 2.45) is 5.41 Å². The number of hydrogen-bond acceptors (Lipinski definition) is 19. The molecule has 1 aliphatic rings. The van der Waals surface area contributed by atoms with Crippen LogP contribution >= 0.6 is 35.2 Å². The van der Waals surface area contributed by atoms with Gasteiger partial charge in [0.15, 0.2) is 17.7 Å². The fourth-order valence-electron chi connectivity index (χ4n) is 7.79. The van der Waals surface area contributed by atoms with E-state index in [-0.39, 0.29) is 47.4 Å². The SMILES string of the molecule is CCCCCCCC/C=C\CCCCCCCCCCCCC(O)C(=O)SCCNC(=O)CCNC(=O)[C@H](O)C(C)(C)COP(=O)(O)OP(=O)(O)OC[C@H]1O[C@@H](n2cnc3c(N)ncnc32)[C@H](O)[C@@H]1OP(=O)(O)O. The summed E-state index contributed by atoms with van der Waals surface area (Å²) in [5.74, 6) is -1.29. The second kappa shape index (κ2) is 33.5. The predicted molar refractivity (Wildman–Crippen MR) is 276 cm³/mol. The molecule has 1 aliphatic heterocycles. The quantitative estimate of drug-likeness (QED) is 0.0207. The largest absolute Gasteiger partial charge is 0.481 e. The van der Waals surface area contributed by atoms with Gasteiger partial charge < -0.3 is 56.0 Å². The van der Waals surface area contributed by atoms with Gasteiger partial charge in [-0.05, 0) is 32.1 Å². The third-order valence-electron chi connectivity index (χ3n) is 12.0. The van der Waals surface area contributed by atoms with E-state index in [1.54, 1.807) is 0 Å². The minimum Gasteiger partial charge on any atom is -0.386 e. The molecule has 1 saturated heterocycles. The van der Waals surface area contributed by atoms with Crippen molar-refractivity contribution >= 4 is 69.1 Å². The summed E-state index contributed by atoms with van der Waals surface area (Å²) < 4.78 is 62.5. The molecular formula is C45H80N7O18P3S. The minimum atomic E-state index is -5.59. The van der Waals surface area contributed by atoms with Crippen LogP contribution in [0.25, 0.3) is 11.2 Å². The topological polar surface area (TPSA) is 384 Å². The van der Waals surface area contributed by atoms with Gasteiger partial charge in [-0.15, -0.1) is 0 Å². The zero-order valence-electron chi connectivity index (χ0n) is 42.7. The number of thioether (sulfide) groups is 1. The van der Waals surface area contributed by atoms with Gasteiger partial charge in [0.2, 0.25) is 16.9 Å². The number of amides is 2. The molecule has 0 bridgehead atoms. The smallest absolute Gasteiger partial charge is 0.386 e. The molecule has 0 radical (unpaired) electrons. The highest BCUT2D eigenvalue weighted by Crippen LogP contribution is 2.61. The molecule has 2 aromatic heterocycles. The van der Waals surface area contributed by atoms with E-state index >= 15 is 0 Å². The average molecular weight is 1130 g/mol. The van der Waals surface area contributed by atoms with Gasteiger partial charge in [-0.25, -0.2) is 28.6 Å². The van der Waals surface area contributed by atoms with Gasteiger partial charge in [0.1, 0.15) is 42.4 Å². The van der Waals surface area contributed by atoms with Crippen LogP contribution in [-0.2, 0) is 50.7 Å². The van der Waals surface area contributed by atoms with Crippen LogP contribution in [-0.4, -0.2) is 134 Å². The molecule has 11 N–H and O–H groups in total. The Kier molecular flexibility index (Phi) is 29.7. The molecule has 74 heavy (non-hydrogen) atoms. The number of phosphoric acid groups is 3. The van der Waals surface area contributed by atoms with E-state index in [9.17, 15) is 63.0 Å². The first-order chi connectivity index (χ1) is 35.0. The molecule has 2 aromatic rings. The highest BCUT2D eigenvalue weighted by molar-refractivity contribution is 8.13. The highest BCUT2D eigenvalue weighted by Gasteiger charge is 2.50. The maximum Gasteiger partial charge on any atom is 0.481 e. The third kappa shape index (κ3) is 25.2. The van der Waals surface area contributed by atoms with Crippen LogP contribution in [0.5, 0.6) is 0 Å². The van der Waals surface area contributed by atoms with Gasteiger partial charge in [0, 0.05) is 30.7 Å². The molecule has 424 valence electrons. The number of carbonyl (C=O) groups is 3. The number of imidazole rings is 1. The maximum atomic E-state index is 12.8. The number of nitrogens with one attached hydrogen (secondary N) is 2.